The Bertz CT molecular complexity index is 4100. The fourth-order valence-electron chi connectivity index (χ4n) is 12.5. The maximum absolute atomic E-state index is 2.60. The maximum atomic E-state index is 2.60. The maximum Gasteiger partial charge on any atom is 0.0737 e. The first kappa shape index (κ1) is 34.7. The van der Waals surface area contributed by atoms with E-state index in [9.17, 15) is 0 Å². The van der Waals surface area contributed by atoms with Crippen LogP contribution in [0.4, 0.5) is 0 Å². The Balaban J connectivity index is 1.12. The summed E-state index contributed by atoms with van der Waals surface area (Å²) in [6.45, 7) is 0. The van der Waals surface area contributed by atoms with Crippen LogP contribution in [0.5, 0.6) is 0 Å². The number of rotatable bonds is 2. The Morgan fingerprint density at radius 3 is 1.31 bits per heavy atom. The number of benzene rings is 12. The van der Waals surface area contributed by atoms with Gasteiger partial charge in [0.05, 0.1) is 5.41 Å². The van der Waals surface area contributed by atoms with E-state index in [-0.39, 0.29) is 0 Å². The molecule has 1 heteroatoms. The van der Waals surface area contributed by atoms with Gasteiger partial charge in [0.2, 0.25) is 0 Å². The largest absolute Gasteiger partial charge is 0.135 e. The molecule has 0 unspecified atom stereocenters. The molecule has 294 valence electrons. The minimum Gasteiger partial charge on any atom is -0.135 e. The van der Waals surface area contributed by atoms with Gasteiger partial charge in [-0.2, -0.15) is 0 Å². The fraction of sp³-hybridized carbons (Fsp3) is 0.0159. The van der Waals surface area contributed by atoms with Gasteiger partial charge in [0.25, 0.3) is 0 Å². The van der Waals surface area contributed by atoms with Crippen LogP contribution in [-0.4, -0.2) is 0 Å². The molecule has 0 amide bonds. The molecule has 1 spiro atoms. The Labute approximate surface area is 373 Å². The van der Waals surface area contributed by atoms with Crippen LogP contribution in [0.3, 0.4) is 0 Å². The van der Waals surface area contributed by atoms with E-state index in [0.29, 0.717) is 0 Å². The molecule has 13 aromatic rings. The van der Waals surface area contributed by atoms with Gasteiger partial charge < -0.3 is 0 Å². The van der Waals surface area contributed by atoms with Crippen molar-refractivity contribution in [2.24, 2.45) is 0 Å². The van der Waals surface area contributed by atoms with Gasteiger partial charge in [-0.1, -0.05) is 194 Å². The molecule has 0 atom stereocenters. The normalized spacial score (nSPS) is 13.4. The molecule has 0 N–H and O–H groups in total. The summed E-state index contributed by atoms with van der Waals surface area (Å²) >= 11 is 1.88. The van der Waals surface area contributed by atoms with E-state index >= 15 is 0 Å². The number of hydrogen-bond acceptors (Lipinski definition) is 1. The second kappa shape index (κ2) is 12.6. The third kappa shape index (κ3) is 4.28. The topological polar surface area (TPSA) is 0 Å². The molecule has 0 saturated carbocycles. The molecule has 0 bridgehead atoms. The quantitative estimate of drug-likeness (QED) is 0.120. The zero-order chi connectivity index (χ0) is 41.7. The van der Waals surface area contributed by atoms with Crippen LogP contribution in [-0.2, 0) is 5.41 Å². The van der Waals surface area contributed by atoms with Gasteiger partial charge >= 0.3 is 0 Å². The van der Waals surface area contributed by atoms with Crippen molar-refractivity contribution in [3.8, 4) is 44.5 Å². The molecule has 1 heterocycles. The molecule has 0 aliphatic heterocycles. The van der Waals surface area contributed by atoms with Crippen LogP contribution in [0, 0.1) is 0 Å². The zero-order valence-corrected chi connectivity index (χ0v) is 35.5. The Morgan fingerprint density at radius 1 is 0.250 bits per heavy atom. The minimum absolute atomic E-state index is 0.530. The molecule has 0 radical (unpaired) electrons. The first-order chi connectivity index (χ1) is 31.8. The van der Waals surface area contributed by atoms with Crippen molar-refractivity contribution in [3.05, 3.63) is 241 Å². The summed E-state index contributed by atoms with van der Waals surface area (Å²) in [5.74, 6) is 0. The van der Waals surface area contributed by atoms with Gasteiger partial charge in [-0.3, -0.25) is 0 Å². The van der Waals surface area contributed by atoms with Crippen molar-refractivity contribution in [1.82, 2.24) is 0 Å². The van der Waals surface area contributed by atoms with E-state index < -0.39 is 5.41 Å². The van der Waals surface area contributed by atoms with Gasteiger partial charge in [-0.25, -0.2) is 0 Å². The molecule has 1 aromatic heterocycles. The molecule has 0 saturated heterocycles. The van der Waals surface area contributed by atoms with Crippen LogP contribution in [0.15, 0.2) is 218 Å². The van der Waals surface area contributed by atoms with E-state index in [4.69, 9.17) is 0 Å². The Morgan fingerprint density at radius 2 is 0.688 bits per heavy atom. The van der Waals surface area contributed by atoms with Crippen molar-refractivity contribution in [3.63, 3.8) is 0 Å². The van der Waals surface area contributed by atoms with Crippen molar-refractivity contribution in [2.75, 3.05) is 0 Å². The third-order valence-electron chi connectivity index (χ3n) is 14.8. The lowest BCUT2D eigenvalue weighted by Gasteiger charge is -2.33. The second-order valence-corrected chi connectivity index (χ2v) is 18.8. The molecule has 12 aromatic carbocycles. The van der Waals surface area contributed by atoms with E-state index in [1.807, 2.05) is 11.3 Å². The smallest absolute Gasteiger partial charge is 0.0737 e. The van der Waals surface area contributed by atoms with Gasteiger partial charge in [0.1, 0.15) is 0 Å². The monoisotopic (exact) mass is 824 g/mol. The highest BCUT2D eigenvalue weighted by atomic mass is 32.1. The molecular formula is C63H36S. The predicted octanol–water partition coefficient (Wildman–Crippen LogP) is 17.5. The summed E-state index contributed by atoms with van der Waals surface area (Å²) in [5, 5.41) is 15.5. The minimum atomic E-state index is -0.530. The van der Waals surface area contributed by atoms with E-state index in [2.05, 4.69) is 218 Å². The zero-order valence-electron chi connectivity index (χ0n) is 34.7. The van der Waals surface area contributed by atoms with Crippen molar-refractivity contribution >= 4 is 85.4 Å². The molecule has 0 fully saturated rings. The second-order valence-electron chi connectivity index (χ2n) is 17.7. The van der Waals surface area contributed by atoms with Gasteiger partial charge in [-0.15, -0.1) is 11.3 Å². The molecule has 15 rings (SSSR count). The van der Waals surface area contributed by atoms with Gasteiger partial charge in [-0.05, 0) is 145 Å². The molecule has 2 aliphatic rings. The summed E-state index contributed by atoms with van der Waals surface area (Å²) in [6, 6.07) is 82.9. The third-order valence-corrected chi connectivity index (χ3v) is 16.0. The molecule has 64 heavy (non-hydrogen) atoms. The average Bonchev–Trinajstić information content (AvgIpc) is 3.99. The Hall–Kier alpha value is -7.84. The summed E-state index contributed by atoms with van der Waals surface area (Å²) in [4.78, 5) is 0. The SMILES string of the molecule is c1ccc2c(c1)-c1ccccc1C21c2c(cc(-c3c4ccccc4c(-c4ccc5sc6ccccc6c5c4)c4ccccc34)c3ccccc23)-c2c1c1ccccc1c1ccccc21. The van der Waals surface area contributed by atoms with Gasteiger partial charge in [0.15, 0.2) is 0 Å². The summed E-state index contributed by atoms with van der Waals surface area (Å²) in [7, 11) is 0. The van der Waals surface area contributed by atoms with E-state index in [1.165, 1.54) is 141 Å². The summed E-state index contributed by atoms with van der Waals surface area (Å²) in [6.07, 6.45) is 0. The van der Waals surface area contributed by atoms with Crippen LogP contribution < -0.4 is 0 Å². The van der Waals surface area contributed by atoms with Crippen LogP contribution in [0.25, 0.3) is 119 Å². The first-order valence-electron chi connectivity index (χ1n) is 22.3. The van der Waals surface area contributed by atoms with Crippen LogP contribution in [0.1, 0.15) is 22.3 Å². The molecule has 2 aliphatic carbocycles. The summed E-state index contributed by atoms with van der Waals surface area (Å²) in [5.41, 5.74) is 15.4. The van der Waals surface area contributed by atoms with Crippen LogP contribution >= 0.6 is 11.3 Å². The summed E-state index contributed by atoms with van der Waals surface area (Å²) < 4.78 is 2.66. The molecule has 0 nitrogen and oxygen atoms in total. The Kier molecular flexibility index (Phi) is 6.85. The standard InChI is InChI=1S/C63H36S/c1-4-23-44-38(17-1)39-18-2-10-29-50(39)62-60(44)53-36-52(40-19-3-9-28-49(40)61(53)63(62)54-30-14-11-20-41(54)42-21-12-15-31-55(42)63)59-47-26-7-5-24-45(47)58(46-25-6-8-27-48(46)59)37-33-34-57-51(35-37)43-22-13-16-32-56(43)64-57/h1-36H. The lowest BCUT2D eigenvalue weighted by Crippen LogP contribution is -2.26. The predicted molar refractivity (Wildman–Crippen MR) is 274 cm³/mol. The number of hydrogen-bond donors (Lipinski definition) is 0. The fourth-order valence-corrected chi connectivity index (χ4v) is 13.6. The lowest BCUT2D eigenvalue weighted by atomic mass is 9.68. The van der Waals surface area contributed by atoms with Gasteiger partial charge in [0, 0.05) is 20.2 Å². The van der Waals surface area contributed by atoms with Crippen molar-refractivity contribution in [2.45, 2.75) is 5.41 Å². The average molecular weight is 825 g/mol. The highest BCUT2D eigenvalue weighted by Gasteiger charge is 2.54. The van der Waals surface area contributed by atoms with E-state index in [1.54, 1.807) is 0 Å². The first-order valence-corrected chi connectivity index (χ1v) is 23.2. The van der Waals surface area contributed by atoms with E-state index in [0.717, 1.165) is 0 Å². The van der Waals surface area contributed by atoms with Crippen LogP contribution in [0.2, 0.25) is 0 Å². The highest BCUT2D eigenvalue weighted by molar-refractivity contribution is 7.25. The molecular weight excluding hydrogens is 789 g/mol. The van der Waals surface area contributed by atoms with Crippen molar-refractivity contribution < 1.29 is 0 Å². The van der Waals surface area contributed by atoms with Crippen molar-refractivity contribution in [1.29, 1.82) is 0 Å². The highest BCUT2D eigenvalue weighted by Crippen LogP contribution is 2.67. The lowest BCUT2D eigenvalue weighted by molar-refractivity contribution is 0.809. The number of thiophene rings is 1. The number of fused-ring (bicyclic) bond motifs is 22.